The Hall–Kier alpha value is -1.37. The quantitative estimate of drug-likeness (QED) is 0.608. The molecule has 0 aliphatic carbocycles. The number of ketones is 1. The van der Waals surface area contributed by atoms with E-state index in [2.05, 4.69) is 0 Å². The molecule has 0 aliphatic heterocycles. The second kappa shape index (κ2) is 3.86. The standard InChI is InChI=1S/C11H12O/c1-9-3-6-11(7-4-9)8-5-10(2)12/h3-8H,1-2H3/b8-5+. The fourth-order valence-corrected chi connectivity index (χ4v) is 0.891. The molecule has 0 amide bonds. The Morgan fingerprint density at radius 2 is 1.83 bits per heavy atom. The van der Waals surface area contributed by atoms with Gasteiger partial charge in [-0.2, -0.15) is 0 Å². The Balaban J connectivity index is 2.77. The normalized spacial score (nSPS) is 10.5. The predicted molar refractivity (Wildman–Crippen MR) is 50.9 cm³/mol. The third-order valence-electron chi connectivity index (χ3n) is 1.59. The summed E-state index contributed by atoms with van der Waals surface area (Å²) < 4.78 is 0. The topological polar surface area (TPSA) is 17.1 Å². The highest BCUT2D eigenvalue weighted by molar-refractivity contribution is 5.91. The maximum absolute atomic E-state index is 10.6. The number of hydrogen-bond donors (Lipinski definition) is 0. The van der Waals surface area contributed by atoms with E-state index in [1.165, 1.54) is 5.56 Å². The van der Waals surface area contributed by atoms with E-state index in [-0.39, 0.29) is 5.78 Å². The van der Waals surface area contributed by atoms with Crippen LogP contribution < -0.4 is 0 Å². The molecule has 0 fully saturated rings. The minimum Gasteiger partial charge on any atom is -0.295 e. The molecule has 1 aromatic carbocycles. The van der Waals surface area contributed by atoms with Crippen molar-refractivity contribution in [2.24, 2.45) is 0 Å². The van der Waals surface area contributed by atoms with Gasteiger partial charge in [-0.05, 0) is 25.5 Å². The third kappa shape index (κ3) is 2.70. The van der Waals surface area contributed by atoms with Gasteiger partial charge in [0.2, 0.25) is 0 Å². The van der Waals surface area contributed by atoms with Crippen LogP contribution in [-0.4, -0.2) is 5.78 Å². The minimum atomic E-state index is 0.0792. The van der Waals surface area contributed by atoms with E-state index < -0.39 is 0 Å². The molecule has 1 aromatic rings. The van der Waals surface area contributed by atoms with Gasteiger partial charge in [-0.3, -0.25) is 4.79 Å². The lowest BCUT2D eigenvalue weighted by atomic mass is 10.1. The maximum Gasteiger partial charge on any atom is 0.152 e. The molecule has 0 atom stereocenters. The Bertz CT molecular complexity index is 293. The van der Waals surface area contributed by atoms with Crippen LogP contribution in [0, 0.1) is 6.92 Å². The summed E-state index contributed by atoms with van der Waals surface area (Å²) >= 11 is 0. The molecular formula is C11H12O. The highest BCUT2D eigenvalue weighted by Crippen LogP contribution is 2.04. The van der Waals surface area contributed by atoms with Gasteiger partial charge in [-0.25, -0.2) is 0 Å². The van der Waals surface area contributed by atoms with Crippen molar-refractivity contribution in [3.63, 3.8) is 0 Å². The Morgan fingerprint density at radius 3 is 2.33 bits per heavy atom. The van der Waals surface area contributed by atoms with Crippen molar-refractivity contribution in [3.8, 4) is 0 Å². The van der Waals surface area contributed by atoms with E-state index in [4.69, 9.17) is 0 Å². The predicted octanol–water partition coefficient (Wildman–Crippen LogP) is 2.60. The lowest BCUT2D eigenvalue weighted by molar-refractivity contribution is -0.112. The van der Waals surface area contributed by atoms with E-state index in [1.54, 1.807) is 13.0 Å². The van der Waals surface area contributed by atoms with Crippen LogP contribution in [0.15, 0.2) is 30.3 Å². The number of benzene rings is 1. The highest BCUT2D eigenvalue weighted by atomic mass is 16.1. The van der Waals surface area contributed by atoms with E-state index >= 15 is 0 Å². The zero-order valence-corrected chi connectivity index (χ0v) is 7.37. The van der Waals surface area contributed by atoms with Crippen molar-refractivity contribution in [3.05, 3.63) is 41.5 Å². The van der Waals surface area contributed by atoms with E-state index in [1.807, 2.05) is 37.3 Å². The highest BCUT2D eigenvalue weighted by Gasteiger charge is 1.86. The smallest absolute Gasteiger partial charge is 0.152 e. The Kier molecular flexibility index (Phi) is 2.81. The number of carbonyl (C=O) groups is 1. The zero-order valence-electron chi connectivity index (χ0n) is 7.37. The number of rotatable bonds is 2. The largest absolute Gasteiger partial charge is 0.295 e. The lowest BCUT2D eigenvalue weighted by Crippen LogP contribution is -1.80. The third-order valence-corrected chi connectivity index (χ3v) is 1.59. The van der Waals surface area contributed by atoms with Gasteiger partial charge >= 0.3 is 0 Å². The molecule has 0 saturated heterocycles. The second-order valence-corrected chi connectivity index (χ2v) is 2.85. The number of carbonyl (C=O) groups excluding carboxylic acids is 1. The molecule has 0 unspecified atom stereocenters. The maximum atomic E-state index is 10.6. The van der Waals surface area contributed by atoms with Crippen LogP contribution in [-0.2, 0) is 4.79 Å². The molecule has 0 saturated carbocycles. The van der Waals surface area contributed by atoms with Gasteiger partial charge in [-0.15, -0.1) is 0 Å². The summed E-state index contributed by atoms with van der Waals surface area (Å²) in [6, 6.07) is 8.04. The first-order valence-corrected chi connectivity index (χ1v) is 3.94. The van der Waals surface area contributed by atoms with Gasteiger partial charge < -0.3 is 0 Å². The number of hydrogen-bond acceptors (Lipinski definition) is 1. The molecule has 1 rings (SSSR count). The van der Waals surface area contributed by atoms with E-state index in [9.17, 15) is 4.79 Å². The molecule has 0 bridgehead atoms. The van der Waals surface area contributed by atoms with Crippen LogP contribution >= 0.6 is 0 Å². The summed E-state index contributed by atoms with van der Waals surface area (Å²) in [5.74, 6) is 0.0792. The summed E-state index contributed by atoms with van der Waals surface area (Å²) in [7, 11) is 0. The molecule has 0 radical (unpaired) electrons. The van der Waals surface area contributed by atoms with Gasteiger partial charge in [-0.1, -0.05) is 35.9 Å². The van der Waals surface area contributed by atoms with Crippen LogP contribution in [0.5, 0.6) is 0 Å². The van der Waals surface area contributed by atoms with Crippen LogP contribution in [0.2, 0.25) is 0 Å². The number of aryl methyl sites for hydroxylation is 1. The molecule has 0 aromatic heterocycles. The van der Waals surface area contributed by atoms with Crippen molar-refractivity contribution >= 4 is 11.9 Å². The summed E-state index contributed by atoms with van der Waals surface area (Å²) in [6.07, 6.45) is 3.40. The second-order valence-electron chi connectivity index (χ2n) is 2.85. The SMILES string of the molecule is CC(=O)/C=C/c1ccc(C)cc1. The molecule has 0 aliphatic rings. The van der Waals surface area contributed by atoms with Crippen LogP contribution in [0.4, 0.5) is 0 Å². The summed E-state index contributed by atoms with van der Waals surface area (Å²) in [4.78, 5) is 10.6. The fraction of sp³-hybridized carbons (Fsp3) is 0.182. The Morgan fingerprint density at radius 1 is 1.25 bits per heavy atom. The summed E-state index contributed by atoms with van der Waals surface area (Å²) in [6.45, 7) is 3.59. The molecule has 0 heterocycles. The van der Waals surface area contributed by atoms with Gasteiger partial charge in [0.1, 0.15) is 0 Å². The van der Waals surface area contributed by atoms with Gasteiger partial charge in [0, 0.05) is 0 Å². The fourth-order valence-electron chi connectivity index (χ4n) is 0.891. The molecule has 0 N–H and O–H groups in total. The molecule has 1 heteroatoms. The first-order valence-electron chi connectivity index (χ1n) is 3.94. The van der Waals surface area contributed by atoms with Crippen molar-refractivity contribution in [1.29, 1.82) is 0 Å². The first kappa shape index (κ1) is 8.72. The number of allylic oxidation sites excluding steroid dienone is 1. The van der Waals surface area contributed by atoms with Gasteiger partial charge in [0.15, 0.2) is 5.78 Å². The van der Waals surface area contributed by atoms with Crippen molar-refractivity contribution < 1.29 is 4.79 Å². The van der Waals surface area contributed by atoms with E-state index in [0.29, 0.717) is 0 Å². The van der Waals surface area contributed by atoms with Crippen LogP contribution in [0.3, 0.4) is 0 Å². The molecular weight excluding hydrogens is 148 g/mol. The summed E-state index contributed by atoms with van der Waals surface area (Å²) in [5, 5.41) is 0. The molecule has 0 spiro atoms. The molecule has 12 heavy (non-hydrogen) atoms. The monoisotopic (exact) mass is 160 g/mol. The van der Waals surface area contributed by atoms with Gasteiger partial charge in [0.25, 0.3) is 0 Å². The zero-order chi connectivity index (χ0) is 8.97. The molecule has 62 valence electrons. The average Bonchev–Trinajstić information content (AvgIpc) is 2.03. The van der Waals surface area contributed by atoms with E-state index in [0.717, 1.165) is 5.56 Å². The Labute approximate surface area is 72.7 Å². The van der Waals surface area contributed by atoms with Crippen LogP contribution in [0.25, 0.3) is 6.08 Å². The summed E-state index contributed by atoms with van der Waals surface area (Å²) in [5.41, 5.74) is 2.30. The minimum absolute atomic E-state index is 0.0792. The molecule has 1 nitrogen and oxygen atoms in total. The van der Waals surface area contributed by atoms with Crippen molar-refractivity contribution in [2.75, 3.05) is 0 Å². The first-order chi connectivity index (χ1) is 5.68. The lowest BCUT2D eigenvalue weighted by Gasteiger charge is -1.93. The van der Waals surface area contributed by atoms with Crippen molar-refractivity contribution in [1.82, 2.24) is 0 Å². The average molecular weight is 160 g/mol. The van der Waals surface area contributed by atoms with Gasteiger partial charge in [0.05, 0.1) is 0 Å². The van der Waals surface area contributed by atoms with Crippen LogP contribution in [0.1, 0.15) is 18.1 Å². The van der Waals surface area contributed by atoms with Crippen molar-refractivity contribution in [2.45, 2.75) is 13.8 Å².